The first-order chi connectivity index (χ1) is 11.0. The topological polar surface area (TPSA) is 61.4 Å². The van der Waals surface area contributed by atoms with Crippen molar-refractivity contribution in [3.63, 3.8) is 0 Å². The Balaban J connectivity index is 1.51. The van der Waals surface area contributed by atoms with Gasteiger partial charge >= 0.3 is 0 Å². The Bertz CT molecular complexity index is 446. The van der Waals surface area contributed by atoms with Gasteiger partial charge in [-0.15, -0.1) is 0 Å². The molecule has 23 heavy (non-hydrogen) atoms. The maximum Gasteiger partial charge on any atom is 0.225 e. The molecule has 3 unspecified atom stereocenters. The van der Waals surface area contributed by atoms with Gasteiger partial charge in [0.05, 0.1) is 5.92 Å². The lowest BCUT2D eigenvalue weighted by molar-refractivity contribution is -0.131. The van der Waals surface area contributed by atoms with E-state index in [-0.39, 0.29) is 23.8 Å². The van der Waals surface area contributed by atoms with Crippen LogP contribution >= 0.6 is 0 Å². The molecule has 0 aromatic heterocycles. The molecule has 5 heteroatoms. The third-order valence-corrected chi connectivity index (χ3v) is 5.93. The molecule has 3 rings (SSSR count). The summed E-state index contributed by atoms with van der Waals surface area (Å²) in [6.45, 7) is 6.04. The van der Waals surface area contributed by atoms with Crippen molar-refractivity contribution in [2.24, 2.45) is 11.8 Å². The molecule has 0 aromatic carbocycles. The average Bonchev–Trinajstić information content (AvgIpc) is 2.90. The highest BCUT2D eigenvalue weighted by Gasteiger charge is 2.39. The fourth-order valence-corrected chi connectivity index (χ4v) is 4.40. The van der Waals surface area contributed by atoms with E-state index in [1.165, 1.54) is 12.8 Å². The number of piperidine rings is 1. The molecular weight excluding hydrogens is 290 g/mol. The van der Waals surface area contributed by atoms with Crippen LogP contribution in [0.4, 0.5) is 0 Å². The minimum Gasteiger partial charge on any atom is -0.353 e. The van der Waals surface area contributed by atoms with Gasteiger partial charge in [0.1, 0.15) is 0 Å². The zero-order chi connectivity index (χ0) is 16.4. The van der Waals surface area contributed by atoms with Crippen molar-refractivity contribution >= 4 is 11.8 Å². The van der Waals surface area contributed by atoms with E-state index >= 15 is 0 Å². The number of nitrogens with one attached hydrogen (secondary N) is 2. The molecule has 0 spiro atoms. The summed E-state index contributed by atoms with van der Waals surface area (Å²) in [5, 5.41) is 6.59. The molecular formula is C18H31N3O2. The molecule has 2 aliphatic heterocycles. The number of carbonyl (C=O) groups excluding carboxylic acids is 2. The molecule has 3 fully saturated rings. The van der Waals surface area contributed by atoms with E-state index in [1.54, 1.807) is 0 Å². The Morgan fingerprint density at radius 1 is 1.17 bits per heavy atom. The second-order valence-electron chi connectivity index (χ2n) is 7.95. The highest BCUT2D eigenvalue weighted by molar-refractivity contribution is 5.89. The molecule has 1 saturated carbocycles. The van der Waals surface area contributed by atoms with Gasteiger partial charge in [0.25, 0.3) is 0 Å². The van der Waals surface area contributed by atoms with Crippen LogP contribution in [0.3, 0.4) is 0 Å². The van der Waals surface area contributed by atoms with Crippen LogP contribution in [0.2, 0.25) is 0 Å². The Labute approximate surface area is 139 Å². The maximum atomic E-state index is 12.5. The summed E-state index contributed by atoms with van der Waals surface area (Å²) in [5.74, 6) is 0.907. The average molecular weight is 321 g/mol. The SMILES string of the molecule is CC1CCC(N2CC(C(=O)NC3CCNC(C)C3)CC2=O)CC1. The molecule has 2 heterocycles. The number of amides is 2. The summed E-state index contributed by atoms with van der Waals surface area (Å²) >= 11 is 0. The van der Waals surface area contributed by atoms with Crippen molar-refractivity contribution in [1.82, 2.24) is 15.5 Å². The summed E-state index contributed by atoms with van der Waals surface area (Å²) in [6, 6.07) is 1.09. The predicted octanol–water partition coefficient (Wildman–Crippen LogP) is 1.67. The van der Waals surface area contributed by atoms with Gasteiger partial charge in [0, 0.05) is 31.1 Å². The lowest BCUT2D eigenvalue weighted by Crippen LogP contribution is -2.48. The van der Waals surface area contributed by atoms with Gasteiger partial charge < -0.3 is 15.5 Å². The van der Waals surface area contributed by atoms with Crippen LogP contribution in [-0.2, 0) is 9.59 Å². The van der Waals surface area contributed by atoms with Gasteiger partial charge in [-0.1, -0.05) is 6.92 Å². The van der Waals surface area contributed by atoms with E-state index in [1.807, 2.05) is 4.90 Å². The third kappa shape index (κ3) is 4.06. The van der Waals surface area contributed by atoms with E-state index < -0.39 is 0 Å². The van der Waals surface area contributed by atoms with Crippen molar-refractivity contribution in [1.29, 1.82) is 0 Å². The van der Waals surface area contributed by atoms with E-state index in [4.69, 9.17) is 0 Å². The fraction of sp³-hybridized carbons (Fsp3) is 0.889. The Morgan fingerprint density at radius 2 is 1.91 bits per heavy atom. The van der Waals surface area contributed by atoms with Crippen LogP contribution in [0.15, 0.2) is 0 Å². The summed E-state index contributed by atoms with van der Waals surface area (Å²) < 4.78 is 0. The van der Waals surface area contributed by atoms with E-state index in [9.17, 15) is 9.59 Å². The fourth-order valence-electron chi connectivity index (χ4n) is 4.40. The quantitative estimate of drug-likeness (QED) is 0.831. The van der Waals surface area contributed by atoms with Crippen LogP contribution < -0.4 is 10.6 Å². The minimum atomic E-state index is -0.146. The monoisotopic (exact) mass is 321 g/mol. The van der Waals surface area contributed by atoms with Gasteiger partial charge in [-0.3, -0.25) is 9.59 Å². The summed E-state index contributed by atoms with van der Waals surface area (Å²) in [5.41, 5.74) is 0. The Hall–Kier alpha value is -1.10. The van der Waals surface area contributed by atoms with Crippen LogP contribution in [0, 0.1) is 11.8 Å². The van der Waals surface area contributed by atoms with Gasteiger partial charge in [-0.2, -0.15) is 0 Å². The van der Waals surface area contributed by atoms with Crippen LogP contribution in [-0.4, -0.2) is 47.9 Å². The van der Waals surface area contributed by atoms with E-state index in [0.29, 0.717) is 25.0 Å². The highest BCUT2D eigenvalue weighted by atomic mass is 16.2. The van der Waals surface area contributed by atoms with Gasteiger partial charge in [-0.05, 0) is 57.9 Å². The molecule has 3 atom stereocenters. The van der Waals surface area contributed by atoms with Gasteiger partial charge in [0.15, 0.2) is 0 Å². The smallest absolute Gasteiger partial charge is 0.225 e. The first-order valence-electron chi connectivity index (χ1n) is 9.36. The zero-order valence-corrected chi connectivity index (χ0v) is 14.5. The molecule has 1 aliphatic carbocycles. The van der Waals surface area contributed by atoms with Crippen molar-refractivity contribution < 1.29 is 9.59 Å². The standard InChI is InChI=1S/C18H31N3O2/c1-12-3-5-16(6-4-12)21-11-14(10-17(21)22)18(23)20-15-7-8-19-13(2)9-15/h12-16,19H,3-11H2,1-2H3,(H,20,23). The van der Waals surface area contributed by atoms with Crippen molar-refractivity contribution in [3.8, 4) is 0 Å². The van der Waals surface area contributed by atoms with Crippen molar-refractivity contribution in [3.05, 3.63) is 0 Å². The zero-order valence-electron chi connectivity index (χ0n) is 14.5. The number of likely N-dealkylation sites (tertiary alicyclic amines) is 1. The van der Waals surface area contributed by atoms with Crippen LogP contribution in [0.1, 0.15) is 58.8 Å². The largest absolute Gasteiger partial charge is 0.353 e. The molecule has 0 bridgehead atoms. The van der Waals surface area contributed by atoms with Gasteiger partial charge in [-0.25, -0.2) is 0 Å². The molecule has 2 N–H and O–H groups in total. The number of nitrogens with zero attached hydrogens (tertiary/aromatic N) is 1. The van der Waals surface area contributed by atoms with E-state index in [0.717, 1.165) is 38.1 Å². The third-order valence-electron chi connectivity index (χ3n) is 5.93. The number of carbonyl (C=O) groups is 2. The molecule has 130 valence electrons. The highest BCUT2D eigenvalue weighted by Crippen LogP contribution is 2.31. The summed E-state index contributed by atoms with van der Waals surface area (Å²) in [6.07, 6.45) is 6.99. The molecule has 5 nitrogen and oxygen atoms in total. The Morgan fingerprint density at radius 3 is 2.61 bits per heavy atom. The van der Waals surface area contributed by atoms with Gasteiger partial charge in [0.2, 0.25) is 11.8 Å². The molecule has 0 aromatic rings. The normalized spacial score (nSPS) is 38.6. The van der Waals surface area contributed by atoms with Crippen molar-refractivity contribution in [2.45, 2.75) is 76.9 Å². The number of hydrogen-bond donors (Lipinski definition) is 2. The second kappa shape index (κ2) is 7.20. The Kier molecular flexibility index (Phi) is 5.24. The second-order valence-corrected chi connectivity index (χ2v) is 7.95. The number of hydrogen-bond acceptors (Lipinski definition) is 3. The lowest BCUT2D eigenvalue weighted by Gasteiger charge is -2.33. The first-order valence-corrected chi connectivity index (χ1v) is 9.36. The maximum absolute atomic E-state index is 12.5. The molecule has 3 aliphatic rings. The minimum absolute atomic E-state index is 0.0872. The summed E-state index contributed by atoms with van der Waals surface area (Å²) in [7, 11) is 0. The first kappa shape index (κ1) is 16.7. The predicted molar refractivity (Wildman–Crippen MR) is 89.9 cm³/mol. The summed E-state index contributed by atoms with van der Waals surface area (Å²) in [4.78, 5) is 26.9. The molecule has 2 saturated heterocycles. The lowest BCUT2D eigenvalue weighted by atomic mass is 9.86. The molecule has 0 radical (unpaired) electrons. The van der Waals surface area contributed by atoms with E-state index in [2.05, 4.69) is 24.5 Å². The molecule has 2 amide bonds. The number of rotatable bonds is 3. The van der Waals surface area contributed by atoms with Crippen molar-refractivity contribution in [2.75, 3.05) is 13.1 Å². The van der Waals surface area contributed by atoms with Crippen LogP contribution in [0.5, 0.6) is 0 Å². The van der Waals surface area contributed by atoms with Crippen LogP contribution in [0.25, 0.3) is 0 Å².